The van der Waals surface area contributed by atoms with Crippen molar-refractivity contribution in [1.29, 1.82) is 0 Å². The van der Waals surface area contributed by atoms with Crippen molar-refractivity contribution in [2.24, 2.45) is 0 Å². The van der Waals surface area contributed by atoms with Crippen molar-refractivity contribution in [2.45, 2.75) is 6.92 Å². The highest BCUT2D eigenvalue weighted by atomic mass is 19.1. The molecule has 0 aliphatic carbocycles. The van der Waals surface area contributed by atoms with Crippen molar-refractivity contribution >= 4 is 17.3 Å². The molecule has 1 aromatic heterocycles. The van der Waals surface area contributed by atoms with Crippen LogP contribution in [0.2, 0.25) is 0 Å². The maximum absolute atomic E-state index is 13.4. The highest BCUT2D eigenvalue weighted by Crippen LogP contribution is 2.16. The minimum absolute atomic E-state index is 0.129. The molecule has 0 bridgehead atoms. The Labute approximate surface area is 104 Å². The number of nitrogens with one attached hydrogen (secondary N) is 1. The maximum atomic E-state index is 13.4. The van der Waals surface area contributed by atoms with Crippen molar-refractivity contribution < 1.29 is 9.18 Å². The van der Waals surface area contributed by atoms with Crippen LogP contribution in [0.3, 0.4) is 0 Å². The van der Waals surface area contributed by atoms with Crippen LogP contribution in [0, 0.1) is 12.7 Å². The molecule has 2 rings (SSSR count). The summed E-state index contributed by atoms with van der Waals surface area (Å²) >= 11 is 0. The van der Waals surface area contributed by atoms with Gasteiger partial charge in [0, 0.05) is 0 Å². The van der Waals surface area contributed by atoms with Crippen LogP contribution in [0.15, 0.2) is 36.5 Å². The molecular weight excluding hydrogens is 233 g/mol. The molecule has 4 nitrogen and oxygen atoms in total. The Balaban J connectivity index is 2.28. The maximum Gasteiger partial charge on any atom is 0.257 e. The summed E-state index contributed by atoms with van der Waals surface area (Å²) in [6.07, 6.45) is 1.47. The number of aryl methyl sites for hydroxylation is 1. The fourth-order valence-electron chi connectivity index (χ4n) is 1.53. The lowest BCUT2D eigenvalue weighted by Gasteiger charge is -2.08. The van der Waals surface area contributed by atoms with Gasteiger partial charge in [-0.05, 0) is 25.1 Å². The molecule has 1 aromatic carbocycles. The number of aromatic nitrogens is 1. The average Bonchev–Trinajstić information content (AvgIpc) is 2.35. The number of benzene rings is 1. The van der Waals surface area contributed by atoms with Crippen LogP contribution in [-0.2, 0) is 0 Å². The second kappa shape index (κ2) is 4.83. The lowest BCUT2D eigenvalue weighted by atomic mass is 10.1. The normalized spacial score (nSPS) is 10.1. The Morgan fingerprint density at radius 3 is 2.83 bits per heavy atom. The molecule has 0 saturated carbocycles. The first-order valence-electron chi connectivity index (χ1n) is 5.36. The molecule has 5 heteroatoms. The Morgan fingerprint density at radius 1 is 1.39 bits per heavy atom. The van der Waals surface area contributed by atoms with Crippen LogP contribution >= 0.6 is 0 Å². The molecule has 2 aromatic rings. The molecule has 0 aliphatic rings. The van der Waals surface area contributed by atoms with E-state index in [9.17, 15) is 9.18 Å². The summed E-state index contributed by atoms with van der Waals surface area (Å²) in [4.78, 5) is 16.0. The molecule has 18 heavy (non-hydrogen) atoms. The topological polar surface area (TPSA) is 68.0 Å². The summed E-state index contributed by atoms with van der Waals surface area (Å²) in [5.41, 5.74) is 6.96. The van der Waals surface area contributed by atoms with Gasteiger partial charge in [0.05, 0.1) is 28.8 Å². The van der Waals surface area contributed by atoms with Crippen LogP contribution in [0.4, 0.5) is 15.8 Å². The van der Waals surface area contributed by atoms with E-state index in [2.05, 4.69) is 10.3 Å². The van der Waals surface area contributed by atoms with Gasteiger partial charge >= 0.3 is 0 Å². The third-order valence-electron chi connectivity index (χ3n) is 2.47. The summed E-state index contributed by atoms with van der Waals surface area (Å²) in [5.74, 6) is -0.919. The fourth-order valence-corrected chi connectivity index (χ4v) is 1.53. The third kappa shape index (κ3) is 2.45. The fraction of sp³-hybridized carbons (Fsp3) is 0.0769. The monoisotopic (exact) mass is 245 g/mol. The molecule has 1 heterocycles. The number of nitrogen functional groups attached to an aromatic ring is 1. The van der Waals surface area contributed by atoms with Gasteiger partial charge in [-0.2, -0.15) is 0 Å². The quantitative estimate of drug-likeness (QED) is 0.853. The van der Waals surface area contributed by atoms with E-state index < -0.39 is 11.7 Å². The predicted molar refractivity (Wildman–Crippen MR) is 67.7 cm³/mol. The van der Waals surface area contributed by atoms with Gasteiger partial charge in [0.15, 0.2) is 0 Å². The number of nitrogens with zero attached hydrogens (tertiary/aromatic N) is 1. The number of anilines is 2. The van der Waals surface area contributed by atoms with Crippen LogP contribution in [0.1, 0.15) is 16.1 Å². The molecule has 1 amide bonds. The first-order chi connectivity index (χ1) is 8.58. The lowest BCUT2D eigenvalue weighted by molar-refractivity contribution is 0.102. The zero-order valence-electron chi connectivity index (χ0n) is 9.77. The number of carbonyl (C=O) groups excluding carboxylic acids is 1. The summed E-state index contributed by atoms with van der Waals surface area (Å²) in [6, 6.07) is 7.47. The van der Waals surface area contributed by atoms with Gasteiger partial charge in [-0.15, -0.1) is 0 Å². The Morgan fingerprint density at radius 2 is 2.11 bits per heavy atom. The molecule has 0 spiro atoms. The van der Waals surface area contributed by atoms with Crippen molar-refractivity contribution in [3.63, 3.8) is 0 Å². The number of hydrogen-bond donors (Lipinski definition) is 2. The molecule has 0 atom stereocenters. The van der Waals surface area contributed by atoms with Gasteiger partial charge in [-0.3, -0.25) is 9.78 Å². The number of para-hydroxylation sites is 1. The number of nitrogens with two attached hydrogens (primary N) is 1. The van der Waals surface area contributed by atoms with E-state index in [1.54, 1.807) is 19.1 Å². The van der Waals surface area contributed by atoms with E-state index in [1.165, 1.54) is 24.4 Å². The van der Waals surface area contributed by atoms with E-state index >= 15 is 0 Å². The molecule has 92 valence electrons. The van der Waals surface area contributed by atoms with Crippen LogP contribution in [0.5, 0.6) is 0 Å². The van der Waals surface area contributed by atoms with E-state index in [1.807, 2.05) is 0 Å². The first kappa shape index (κ1) is 12.0. The molecule has 0 unspecified atom stereocenters. The number of pyridine rings is 1. The summed E-state index contributed by atoms with van der Waals surface area (Å²) in [5, 5.41) is 2.49. The van der Waals surface area contributed by atoms with E-state index in [-0.39, 0.29) is 5.69 Å². The largest absolute Gasteiger partial charge is 0.397 e. The van der Waals surface area contributed by atoms with E-state index in [0.717, 1.165) is 0 Å². The second-order valence-corrected chi connectivity index (χ2v) is 3.84. The Bertz CT molecular complexity index is 599. The van der Waals surface area contributed by atoms with Crippen LogP contribution in [-0.4, -0.2) is 10.9 Å². The summed E-state index contributed by atoms with van der Waals surface area (Å²) in [7, 11) is 0. The number of halogens is 1. The van der Waals surface area contributed by atoms with Crippen molar-refractivity contribution in [3.8, 4) is 0 Å². The third-order valence-corrected chi connectivity index (χ3v) is 2.47. The average molecular weight is 245 g/mol. The standard InChI is InChI=1S/C13H12FN3O/c1-8-10(6-9(15)7-16-8)13(18)17-12-5-3-2-4-11(12)14/h2-7H,15H2,1H3,(H,17,18). The molecule has 3 N–H and O–H groups in total. The summed E-state index contributed by atoms with van der Waals surface area (Å²) < 4.78 is 13.4. The zero-order chi connectivity index (χ0) is 13.1. The smallest absolute Gasteiger partial charge is 0.257 e. The number of amides is 1. The van der Waals surface area contributed by atoms with E-state index in [4.69, 9.17) is 5.73 Å². The molecular formula is C13H12FN3O. The Kier molecular flexibility index (Phi) is 3.23. The van der Waals surface area contributed by atoms with Gasteiger partial charge in [0.25, 0.3) is 5.91 Å². The summed E-state index contributed by atoms with van der Waals surface area (Å²) in [6.45, 7) is 1.69. The predicted octanol–water partition coefficient (Wildman–Crippen LogP) is 2.36. The van der Waals surface area contributed by atoms with Gasteiger partial charge < -0.3 is 11.1 Å². The number of hydrogen-bond acceptors (Lipinski definition) is 3. The van der Waals surface area contributed by atoms with Gasteiger partial charge in [0.2, 0.25) is 0 Å². The SMILES string of the molecule is Cc1ncc(N)cc1C(=O)Nc1ccccc1F. The van der Waals surface area contributed by atoms with E-state index in [0.29, 0.717) is 16.9 Å². The van der Waals surface area contributed by atoms with Crippen molar-refractivity contribution in [3.05, 3.63) is 53.6 Å². The zero-order valence-corrected chi connectivity index (χ0v) is 9.77. The minimum Gasteiger partial charge on any atom is -0.397 e. The highest BCUT2D eigenvalue weighted by Gasteiger charge is 2.12. The highest BCUT2D eigenvalue weighted by molar-refractivity contribution is 6.05. The molecule has 0 fully saturated rings. The molecule has 0 radical (unpaired) electrons. The number of carbonyl (C=O) groups is 1. The first-order valence-corrected chi connectivity index (χ1v) is 5.36. The lowest BCUT2D eigenvalue weighted by Crippen LogP contribution is -2.15. The Hall–Kier alpha value is -2.43. The second-order valence-electron chi connectivity index (χ2n) is 3.84. The minimum atomic E-state index is -0.486. The van der Waals surface area contributed by atoms with Gasteiger partial charge in [0.1, 0.15) is 5.82 Å². The number of rotatable bonds is 2. The molecule has 0 aliphatic heterocycles. The van der Waals surface area contributed by atoms with Gasteiger partial charge in [-0.25, -0.2) is 4.39 Å². The van der Waals surface area contributed by atoms with Gasteiger partial charge in [-0.1, -0.05) is 12.1 Å². The van der Waals surface area contributed by atoms with Crippen LogP contribution < -0.4 is 11.1 Å². The van der Waals surface area contributed by atoms with Crippen molar-refractivity contribution in [2.75, 3.05) is 11.1 Å². The van der Waals surface area contributed by atoms with Crippen molar-refractivity contribution in [1.82, 2.24) is 4.98 Å². The molecule has 0 saturated heterocycles. The van der Waals surface area contributed by atoms with Crippen LogP contribution in [0.25, 0.3) is 0 Å².